The molecule has 0 amide bonds. The van der Waals surface area contributed by atoms with E-state index in [2.05, 4.69) is 4.98 Å². The van der Waals surface area contributed by atoms with Gasteiger partial charge in [0.2, 0.25) is 0 Å². The molecular formula is C13H11Cl2NO2. The second-order valence-electron chi connectivity index (χ2n) is 3.93. The Bertz CT molecular complexity index is 587. The number of phenolic OH excluding ortho intramolecular Hbond substituents is 1. The van der Waals surface area contributed by atoms with Gasteiger partial charge < -0.3 is 10.2 Å². The predicted octanol–water partition coefficient (Wildman–Crippen LogP) is 3.48. The first-order chi connectivity index (χ1) is 8.52. The average Bonchev–Trinajstić information content (AvgIpc) is 2.35. The molecule has 0 spiro atoms. The van der Waals surface area contributed by atoms with Crippen molar-refractivity contribution in [1.82, 2.24) is 4.98 Å². The van der Waals surface area contributed by atoms with Crippen LogP contribution in [0.5, 0.6) is 5.75 Å². The average molecular weight is 284 g/mol. The molecule has 94 valence electrons. The van der Waals surface area contributed by atoms with Gasteiger partial charge in [0.25, 0.3) is 0 Å². The molecule has 1 heterocycles. The second kappa shape index (κ2) is 5.14. The van der Waals surface area contributed by atoms with Crippen molar-refractivity contribution in [3.63, 3.8) is 0 Å². The van der Waals surface area contributed by atoms with Crippen molar-refractivity contribution < 1.29 is 10.2 Å². The minimum Gasteiger partial charge on any atom is -0.508 e. The first-order valence-corrected chi connectivity index (χ1v) is 6.03. The van der Waals surface area contributed by atoms with Gasteiger partial charge in [-0.25, -0.2) is 0 Å². The van der Waals surface area contributed by atoms with Gasteiger partial charge in [-0.15, -0.1) is 0 Å². The van der Waals surface area contributed by atoms with E-state index < -0.39 is 6.10 Å². The van der Waals surface area contributed by atoms with Crippen LogP contribution >= 0.6 is 23.2 Å². The number of rotatable bonds is 2. The lowest BCUT2D eigenvalue weighted by Gasteiger charge is -2.17. The molecule has 18 heavy (non-hydrogen) atoms. The van der Waals surface area contributed by atoms with Gasteiger partial charge in [0.15, 0.2) is 0 Å². The normalized spacial score (nSPS) is 12.4. The highest BCUT2D eigenvalue weighted by atomic mass is 35.5. The SMILES string of the molecule is Cc1cnccc1[C@@H](O)c1c(O)ccc(Cl)c1Cl. The van der Waals surface area contributed by atoms with Crippen LogP contribution in [-0.4, -0.2) is 15.2 Å². The highest BCUT2D eigenvalue weighted by Gasteiger charge is 2.21. The summed E-state index contributed by atoms with van der Waals surface area (Å²) in [5.74, 6) is -0.0897. The van der Waals surface area contributed by atoms with Crippen LogP contribution < -0.4 is 0 Å². The third kappa shape index (κ3) is 2.29. The minimum absolute atomic E-state index is 0.0897. The lowest BCUT2D eigenvalue weighted by Crippen LogP contribution is -2.04. The van der Waals surface area contributed by atoms with Crippen molar-refractivity contribution in [2.75, 3.05) is 0 Å². The van der Waals surface area contributed by atoms with Crippen LogP contribution in [0.1, 0.15) is 22.8 Å². The summed E-state index contributed by atoms with van der Waals surface area (Å²) in [6.07, 6.45) is 2.16. The van der Waals surface area contributed by atoms with Gasteiger partial charge in [-0.3, -0.25) is 4.98 Å². The number of aliphatic hydroxyl groups excluding tert-OH is 1. The van der Waals surface area contributed by atoms with Crippen molar-refractivity contribution in [3.8, 4) is 5.75 Å². The number of aromatic nitrogens is 1. The Balaban J connectivity index is 2.56. The smallest absolute Gasteiger partial charge is 0.123 e. The van der Waals surface area contributed by atoms with Gasteiger partial charge in [0.1, 0.15) is 11.9 Å². The predicted molar refractivity (Wildman–Crippen MR) is 71.2 cm³/mol. The standard InChI is InChI=1S/C13H11Cl2NO2/c1-7-6-16-5-4-8(7)13(18)11-10(17)3-2-9(14)12(11)15/h2-6,13,17-18H,1H3/t13-/m1/s1. The highest BCUT2D eigenvalue weighted by molar-refractivity contribution is 6.42. The van der Waals surface area contributed by atoms with Crippen LogP contribution in [0, 0.1) is 6.92 Å². The molecule has 0 saturated heterocycles. The summed E-state index contributed by atoms with van der Waals surface area (Å²) in [7, 11) is 0. The third-order valence-electron chi connectivity index (χ3n) is 2.74. The number of halogens is 2. The number of hydrogen-bond donors (Lipinski definition) is 2. The molecule has 0 radical (unpaired) electrons. The molecule has 0 bridgehead atoms. The molecule has 2 N–H and O–H groups in total. The Morgan fingerprint density at radius 1 is 1.22 bits per heavy atom. The molecular weight excluding hydrogens is 273 g/mol. The van der Waals surface area contributed by atoms with E-state index in [1.54, 1.807) is 18.5 Å². The monoisotopic (exact) mass is 283 g/mol. The fourth-order valence-electron chi connectivity index (χ4n) is 1.76. The molecule has 1 aromatic carbocycles. The molecule has 2 aromatic rings. The summed E-state index contributed by atoms with van der Waals surface area (Å²) in [5.41, 5.74) is 1.64. The summed E-state index contributed by atoms with van der Waals surface area (Å²) in [6, 6.07) is 4.56. The summed E-state index contributed by atoms with van der Waals surface area (Å²) in [4.78, 5) is 3.95. The summed E-state index contributed by atoms with van der Waals surface area (Å²) < 4.78 is 0. The summed E-state index contributed by atoms with van der Waals surface area (Å²) >= 11 is 11.9. The molecule has 3 nitrogen and oxygen atoms in total. The number of phenols is 1. The van der Waals surface area contributed by atoms with Crippen LogP contribution in [0.2, 0.25) is 10.0 Å². The number of nitrogens with zero attached hydrogens (tertiary/aromatic N) is 1. The number of aliphatic hydroxyl groups is 1. The number of hydrogen-bond acceptors (Lipinski definition) is 3. The van der Waals surface area contributed by atoms with Crippen LogP contribution in [-0.2, 0) is 0 Å². The van der Waals surface area contributed by atoms with E-state index in [0.717, 1.165) is 5.56 Å². The van der Waals surface area contributed by atoms with E-state index in [9.17, 15) is 10.2 Å². The first-order valence-electron chi connectivity index (χ1n) is 5.27. The fraction of sp³-hybridized carbons (Fsp3) is 0.154. The second-order valence-corrected chi connectivity index (χ2v) is 4.71. The van der Waals surface area contributed by atoms with Crippen LogP contribution in [0.15, 0.2) is 30.6 Å². The zero-order valence-electron chi connectivity index (χ0n) is 9.56. The van der Waals surface area contributed by atoms with E-state index in [4.69, 9.17) is 23.2 Å². The molecule has 0 aliphatic carbocycles. The topological polar surface area (TPSA) is 53.4 Å². The lowest BCUT2D eigenvalue weighted by atomic mass is 9.98. The Hall–Kier alpha value is -1.29. The van der Waals surface area contributed by atoms with Crippen molar-refractivity contribution >= 4 is 23.2 Å². The lowest BCUT2D eigenvalue weighted by molar-refractivity contribution is 0.215. The number of aryl methyl sites for hydroxylation is 1. The van der Waals surface area contributed by atoms with Gasteiger partial charge in [0, 0.05) is 18.0 Å². The number of benzene rings is 1. The van der Waals surface area contributed by atoms with Crippen LogP contribution in [0.3, 0.4) is 0 Å². The van der Waals surface area contributed by atoms with E-state index in [1.165, 1.54) is 12.1 Å². The fourth-order valence-corrected chi connectivity index (χ4v) is 2.19. The molecule has 5 heteroatoms. The van der Waals surface area contributed by atoms with Crippen molar-refractivity contribution in [2.24, 2.45) is 0 Å². The first kappa shape index (κ1) is 13.1. The Labute approximate surface area is 115 Å². The van der Waals surface area contributed by atoms with Gasteiger partial charge in [-0.2, -0.15) is 0 Å². The van der Waals surface area contributed by atoms with Gasteiger partial charge in [-0.1, -0.05) is 23.2 Å². The zero-order chi connectivity index (χ0) is 13.3. The van der Waals surface area contributed by atoms with Crippen molar-refractivity contribution in [2.45, 2.75) is 13.0 Å². The molecule has 0 aliphatic rings. The minimum atomic E-state index is -1.04. The largest absolute Gasteiger partial charge is 0.508 e. The van der Waals surface area contributed by atoms with Crippen LogP contribution in [0.25, 0.3) is 0 Å². The Morgan fingerprint density at radius 2 is 1.94 bits per heavy atom. The maximum Gasteiger partial charge on any atom is 0.123 e. The highest BCUT2D eigenvalue weighted by Crippen LogP contribution is 2.39. The molecule has 0 saturated carbocycles. The van der Waals surface area contributed by atoms with Crippen LogP contribution in [0.4, 0.5) is 0 Å². The quantitative estimate of drug-likeness (QED) is 0.887. The molecule has 0 unspecified atom stereocenters. The third-order valence-corrected chi connectivity index (χ3v) is 3.56. The Kier molecular flexibility index (Phi) is 3.76. The van der Waals surface area contributed by atoms with Crippen molar-refractivity contribution in [3.05, 3.63) is 57.3 Å². The zero-order valence-corrected chi connectivity index (χ0v) is 11.1. The van der Waals surface area contributed by atoms with Gasteiger partial charge in [-0.05, 0) is 36.2 Å². The van der Waals surface area contributed by atoms with Gasteiger partial charge >= 0.3 is 0 Å². The van der Waals surface area contributed by atoms with Gasteiger partial charge in [0.05, 0.1) is 10.0 Å². The maximum absolute atomic E-state index is 10.3. The van der Waals surface area contributed by atoms with E-state index in [0.29, 0.717) is 5.56 Å². The van der Waals surface area contributed by atoms with Crippen molar-refractivity contribution in [1.29, 1.82) is 0 Å². The molecule has 2 rings (SSSR count). The molecule has 0 aliphatic heterocycles. The Morgan fingerprint density at radius 3 is 2.61 bits per heavy atom. The van der Waals surface area contributed by atoms with E-state index in [-0.39, 0.29) is 21.4 Å². The number of aromatic hydroxyl groups is 1. The molecule has 0 fully saturated rings. The molecule has 1 atom stereocenters. The van der Waals surface area contributed by atoms with E-state index in [1.807, 2.05) is 6.92 Å². The summed E-state index contributed by atoms with van der Waals surface area (Å²) in [5, 5.41) is 20.6. The summed E-state index contributed by atoms with van der Waals surface area (Å²) in [6.45, 7) is 1.82. The number of pyridine rings is 1. The maximum atomic E-state index is 10.3. The molecule has 1 aromatic heterocycles. The van der Waals surface area contributed by atoms with E-state index >= 15 is 0 Å².